The summed E-state index contributed by atoms with van der Waals surface area (Å²) in [4.78, 5) is 0. The number of nitrogens with zero attached hydrogens (tertiary/aromatic N) is 1. The van der Waals surface area contributed by atoms with E-state index in [1.807, 2.05) is 16.8 Å². The average molecular weight is 249 g/mol. The first-order valence-corrected chi connectivity index (χ1v) is 7.05. The van der Waals surface area contributed by atoms with Crippen LogP contribution in [0.5, 0.6) is 0 Å². The van der Waals surface area contributed by atoms with E-state index in [0.29, 0.717) is 5.41 Å². The van der Waals surface area contributed by atoms with Gasteiger partial charge < -0.3 is 5.11 Å². The number of hydrogen-bond acceptors (Lipinski definition) is 3. The van der Waals surface area contributed by atoms with Gasteiger partial charge in [0.05, 0.1) is 17.6 Å². The number of hydrogen-bond donors (Lipinski definition) is 1. The predicted octanol–water partition coefficient (Wildman–Crippen LogP) is 3.89. The van der Waals surface area contributed by atoms with E-state index in [9.17, 15) is 10.4 Å². The number of nitriles is 1. The van der Waals surface area contributed by atoms with Gasteiger partial charge in [0, 0.05) is 0 Å². The van der Waals surface area contributed by atoms with E-state index in [1.54, 1.807) is 11.3 Å². The SMILES string of the molecule is CC1(C)CCC(C#N)(C(O)c2ccsc2)CC1. The Labute approximate surface area is 107 Å². The van der Waals surface area contributed by atoms with E-state index < -0.39 is 11.5 Å². The van der Waals surface area contributed by atoms with Crippen LogP contribution in [0.25, 0.3) is 0 Å². The molecule has 1 atom stereocenters. The molecule has 2 rings (SSSR count). The van der Waals surface area contributed by atoms with Gasteiger partial charge in [-0.2, -0.15) is 16.6 Å². The Balaban J connectivity index is 2.20. The molecule has 17 heavy (non-hydrogen) atoms. The minimum absolute atomic E-state index is 0.314. The van der Waals surface area contributed by atoms with Gasteiger partial charge in [-0.05, 0) is 53.5 Å². The van der Waals surface area contributed by atoms with Crippen molar-refractivity contribution < 1.29 is 5.11 Å². The molecule has 1 N–H and O–H groups in total. The Bertz CT molecular complexity index is 406. The molecule has 1 aromatic rings. The average Bonchev–Trinajstić information content (AvgIpc) is 2.82. The molecule has 0 spiro atoms. The molecule has 0 aliphatic heterocycles. The second-order valence-corrected chi connectivity index (χ2v) is 6.67. The summed E-state index contributed by atoms with van der Waals surface area (Å²) < 4.78 is 0. The fourth-order valence-electron chi connectivity index (χ4n) is 2.57. The van der Waals surface area contributed by atoms with Crippen LogP contribution in [-0.4, -0.2) is 5.11 Å². The van der Waals surface area contributed by atoms with E-state index in [-0.39, 0.29) is 0 Å². The monoisotopic (exact) mass is 249 g/mol. The van der Waals surface area contributed by atoms with Gasteiger partial charge in [0.1, 0.15) is 0 Å². The van der Waals surface area contributed by atoms with Gasteiger partial charge in [-0.1, -0.05) is 13.8 Å². The summed E-state index contributed by atoms with van der Waals surface area (Å²) in [6, 6.07) is 4.32. The number of aliphatic hydroxyl groups is 1. The highest BCUT2D eigenvalue weighted by molar-refractivity contribution is 7.07. The van der Waals surface area contributed by atoms with E-state index in [0.717, 1.165) is 31.2 Å². The van der Waals surface area contributed by atoms with Gasteiger partial charge in [0.25, 0.3) is 0 Å². The quantitative estimate of drug-likeness (QED) is 0.864. The molecular weight excluding hydrogens is 230 g/mol. The van der Waals surface area contributed by atoms with E-state index in [4.69, 9.17) is 0 Å². The summed E-state index contributed by atoms with van der Waals surface area (Å²) >= 11 is 1.57. The van der Waals surface area contributed by atoms with Gasteiger partial charge in [-0.3, -0.25) is 0 Å². The van der Waals surface area contributed by atoms with E-state index >= 15 is 0 Å². The molecule has 1 saturated carbocycles. The van der Waals surface area contributed by atoms with Crippen molar-refractivity contribution in [2.75, 3.05) is 0 Å². The molecule has 0 aromatic carbocycles. The lowest BCUT2D eigenvalue weighted by Crippen LogP contribution is -2.35. The van der Waals surface area contributed by atoms with Crippen LogP contribution >= 0.6 is 11.3 Å². The van der Waals surface area contributed by atoms with Crippen LogP contribution < -0.4 is 0 Å². The summed E-state index contributed by atoms with van der Waals surface area (Å²) in [6.45, 7) is 4.48. The zero-order valence-corrected chi connectivity index (χ0v) is 11.3. The van der Waals surface area contributed by atoms with Crippen LogP contribution in [0.2, 0.25) is 0 Å². The summed E-state index contributed by atoms with van der Waals surface area (Å²) in [5.41, 5.74) is 0.641. The first-order chi connectivity index (χ1) is 7.99. The lowest BCUT2D eigenvalue weighted by atomic mass is 9.63. The van der Waals surface area contributed by atoms with Crippen molar-refractivity contribution in [1.29, 1.82) is 5.26 Å². The molecule has 1 aromatic heterocycles. The zero-order chi connectivity index (χ0) is 12.5. The molecule has 0 saturated heterocycles. The maximum atomic E-state index is 10.4. The topological polar surface area (TPSA) is 44.0 Å². The standard InChI is InChI=1S/C14H19NOS/c1-13(2)4-6-14(10-15,7-5-13)12(16)11-3-8-17-9-11/h3,8-9,12,16H,4-7H2,1-2H3. The maximum absolute atomic E-state index is 10.4. The molecule has 3 heteroatoms. The lowest BCUT2D eigenvalue weighted by molar-refractivity contribution is 0.00981. The molecule has 1 aliphatic rings. The van der Waals surface area contributed by atoms with Crippen LogP contribution in [0.3, 0.4) is 0 Å². The van der Waals surface area contributed by atoms with Gasteiger partial charge in [-0.25, -0.2) is 0 Å². The second-order valence-electron chi connectivity index (χ2n) is 5.89. The molecule has 1 unspecified atom stereocenters. The summed E-state index contributed by atoms with van der Waals surface area (Å²) in [5.74, 6) is 0. The fourth-order valence-corrected chi connectivity index (χ4v) is 3.25. The smallest absolute Gasteiger partial charge is 0.0984 e. The van der Waals surface area contributed by atoms with E-state index in [2.05, 4.69) is 19.9 Å². The number of rotatable bonds is 2. The van der Waals surface area contributed by atoms with Crippen LogP contribution in [0, 0.1) is 22.2 Å². The molecule has 2 nitrogen and oxygen atoms in total. The molecule has 0 radical (unpaired) electrons. The van der Waals surface area contributed by atoms with Crippen molar-refractivity contribution >= 4 is 11.3 Å². The Morgan fingerprint density at radius 2 is 2.00 bits per heavy atom. The zero-order valence-electron chi connectivity index (χ0n) is 10.4. The summed E-state index contributed by atoms with van der Waals surface area (Å²) in [5, 5.41) is 23.8. The highest BCUT2D eigenvalue weighted by Gasteiger charge is 2.44. The van der Waals surface area contributed by atoms with Crippen molar-refractivity contribution in [1.82, 2.24) is 0 Å². The van der Waals surface area contributed by atoms with Crippen molar-refractivity contribution in [3.63, 3.8) is 0 Å². The Morgan fingerprint density at radius 3 is 2.47 bits per heavy atom. The summed E-state index contributed by atoms with van der Waals surface area (Å²) in [7, 11) is 0. The number of thiophene rings is 1. The van der Waals surface area contributed by atoms with Crippen LogP contribution in [-0.2, 0) is 0 Å². The van der Waals surface area contributed by atoms with E-state index in [1.165, 1.54) is 0 Å². The van der Waals surface area contributed by atoms with Crippen molar-refractivity contribution in [2.24, 2.45) is 10.8 Å². The van der Waals surface area contributed by atoms with Crippen molar-refractivity contribution in [3.05, 3.63) is 22.4 Å². The number of aliphatic hydroxyl groups excluding tert-OH is 1. The molecule has 0 bridgehead atoms. The normalized spacial score (nSPS) is 23.9. The molecule has 1 fully saturated rings. The third-order valence-electron chi connectivity index (χ3n) is 4.10. The van der Waals surface area contributed by atoms with Gasteiger partial charge in [-0.15, -0.1) is 0 Å². The Morgan fingerprint density at radius 1 is 1.35 bits per heavy atom. The van der Waals surface area contributed by atoms with Crippen molar-refractivity contribution in [2.45, 2.75) is 45.6 Å². The molecule has 1 aliphatic carbocycles. The lowest BCUT2D eigenvalue weighted by Gasteiger charge is -2.41. The predicted molar refractivity (Wildman–Crippen MR) is 69.6 cm³/mol. The third kappa shape index (κ3) is 2.38. The van der Waals surface area contributed by atoms with Gasteiger partial charge >= 0.3 is 0 Å². The van der Waals surface area contributed by atoms with Gasteiger partial charge in [0.15, 0.2) is 0 Å². The van der Waals surface area contributed by atoms with Crippen LogP contribution in [0.4, 0.5) is 0 Å². The van der Waals surface area contributed by atoms with Crippen molar-refractivity contribution in [3.8, 4) is 6.07 Å². The molecule has 92 valence electrons. The second kappa shape index (κ2) is 4.44. The largest absolute Gasteiger partial charge is 0.387 e. The van der Waals surface area contributed by atoms with Crippen LogP contribution in [0.1, 0.15) is 51.2 Å². The Hall–Kier alpha value is -0.850. The maximum Gasteiger partial charge on any atom is 0.0984 e. The third-order valence-corrected chi connectivity index (χ3v) is 4.80. The molecular formula is C14H19NOS. The minimum Gasteiger partial charge on any atom is -0.387 e. The fraction of sp³-hybridized carbons (Fsp3) is 0.643. The highest BCUT2D eigenvalue weighted by Crippen LogP contribution is 2.51. The minimum atomic E-state index is -0.630. The first kappa shape index (κ1) is 12.6. The van der Waals surface area contributed by atoms with Gasteiger partial charge in [0.2, 0.25) is 0 Å². The highest BCUT2D eigenvalue weighted by atomic mass is 32.1. The Kier molecular flexibility index (Phi) is 3.29. The van der Waals surface area contributed by atoms with Crippen LogP contribution in [0.15, 0.2) is 16.8 Å². The molecule has 1 heterocycles. The first-order valence-electron chi connectivity index (χ1n) is 6.11. The summed E-state index contributed by atoms with van der Waals surface area (Å²) in [6.07, 6.45) is 3.00. The molecule has 0 amide bonds.